The van der Waals surface area contributed by atoms with Gasteiger partial charge in [-0.1, -0.05) is 11.6 Å². The third-order valence-corrected chi connectivity index (χ3v) is 2.65. The van der Waals surface area contributed by atoms with Crippen molar-refractivity contribution in [2.24, 2.45) is 0 Å². The van der Waals surface area contributed by atoms with Gasteiger partial charge < -0.3 is 9.52 Å². The van der Waals surface area contributed by atoms with Crippen molar-refractivity contribution in [3.05, 3.63) is 44.8 Å². The van der Waals surface area contributed by atoms with Gasteiger partial charge >= 0.3 is 11.6 Å². The summed E-state index contributed by atoms with van der Waals surface area (Å²) in [5.74, 6) is -1.31. The van der Waals surface area contributed by atoms with E-state index in [-0.39, 0.29) is 0 Å². The molecule has 0 saturated carbocycles. The van der Waals surface area contributed by atoms with Crippen LogP contribution in [0.5, 0.6) is 0 Å². The molecule has 0 saturated heterocycles. The number of carboxylic acid groups (broad SMARTS) is 1. The Bertz CT molecular complexity index is 642. The summed E-state index contributed by atoms with van der Waals surface area (Å²) in [4.78, 5) is 22.0. The van der Waals surface area contributed by atoms with E-state index in [1.54, 1.807) is 19.1 Å². The number of hydrogen-bond acceptors (Lipinski definition) is 3. The van der Waals surface area contributed by atoms with Gasteiger partial charge in [0.05, 0.1) is 0 Å². The van der Waals surface area contributed by atoms with Crippen molar-refractivity contribution in [3.63, 3.8) is 0 Å². The Balaban J connectivity index is 2.85. The molecule has 0 amide bonds. The van der Waals surface area contributed by atoms with Gasteiger partial charge in [0, 0.05) is 10.4 Å². The molecule has 5 heteroatoms. The minimum absolute atomic E-state index is 0.330. The van der Waals surface area contributed by atoms with Gasteiger partial charge in [0.1, 0.15) is 11.1 Å². The minimum Gasteiger partial charge on any atom is -0.477 e. The highest BCUT2D eigenvalue weighted by atomic mass is 35.5. The number of benzene rings is 1. The van der Waals surface area contributed by atoms with E-state index in [0.717, 1.165) is 5.56 Å². The van der Waals surface area contributed by atoms with Crippen molar-refractivity contribution >= 4 is 28.5 Å². The zero-order chi connectivity index (χ0) is 11.9. The van der Waals surface area contributed by atoms with Crippen LogP contribution >= 0.6 is 11.6 Å². The molecule has 0 spiro atoms. The first-order valence-electron chi connectivity index (χ1n) is 4.46. The van der Waals surface area contributed by atoms with Crippen molar-refractivity contribution < 1.29 is 14.3 Å². The quantitative estimate of drug-likeness (QED) is 0.775. The maximum absolute atomic E-state index is 11.3. The van der Waals surface area contributed by atoms with Crippen molar-refractivity contribution in [2.75, 3.05) is 0 Å². The van der Waals surface area contributed by atoms with E-state index in [4.69, 9.17) is 21.1 Å². The molecule has 0 fully saturated rings. The van der Waals surface area contributed by atoms with Crippen LogP contribution < -0.4 is 5.63 Å². The fourth-order valence-electron chi connectivity index (χ4n) is 1.39. The number of aryl methyl sites for hydroxylation is 1. The lowest BCUT2D eigenvalue weighted by Crippen LogP contribution is -2.12. The average molecular weight is 239 g/mol. The van der Waals surface area contributed by atoms with Gasteiger partial charge in [-0.15, -0.1) is 0 Å². The van der Waals surface area contributed by atoms with Crippen LogP contribution in [-0.4, -0.2) is 11.1 Å². The van der Waals surface area contributed by atoms with Crippen molar-refractivity contribution in [1.82, 2.24) is 0 Å². The molecule has 1 N–H and O–H groups in total. The summed E-state index contributed by atoms with van der Waals surface area (Å²) in [7, 11) is 0. The summed E-state index contributed by atoms with van der Waals surface area (Å²) >= 11 is 5.89. The molecule has 2 aromatic rings. The average Bonchev–Trinajstić information content (AvgIpc) is 2.19. The van der Waals surface area contributed by atoms with Crippen LogP contribution in [0.25, 0.3) is 11.0 Å². The van der Waals surface area contributed by atoms with Crippen LogP contribution in [0, 0.1) is 6.92 Å². The Morgan fingerprint density at radius 2 is 2.06 bits per heavy atom. The number of rotatable bonds is 1. The Kier molecular flexibility index (Phi) is 2.44. The number of aromatic carboxylic acids is 1. The van der Waals surface area contributed by atoms with E-state index in [2.05, 4.69) is 0 Å². The van der Waals surface area contributed by atoms with Crippen LogP contribution in [0.2, 0.25) is 5.02 Å². The Labute approximate surface area is 95.1 Å². The molecule has 0 atom stereocenters. The third kappa shape index (κ3) is 1.67. The Morgan fingerprint density at radius 1 is 1.38 bits per heavy atom. The molecule has 1 aromatic carbocycles. The fraction of sp³-hybridized carbons (Fsp3) is 0.0909. The van der Waals surface area contributed by atoms with E-state index >= 15 is 0 Å². The highest BCUT2D eigenvalue weighted by molar-refractivity contribution is 6.32. The molecule has 0 radical (unpaired) electrons. The molecule has 2 rings (SSSR count). The summed E-state index contributed by atoms with van der Waals surface area (Å²) in [6, 6.07) is 4.43. The first-order valence-corrected chi connectivity index (χ1v) is 4.84. The van der Waals surface area contributed by atoms with E-state index in [1.807, 2.05) is 0 Å². The molecular formula is C11H7ClO4. The summed E-state index contributed by atoms with van der Waals surface area (Å²) < 4.78 is 4.89. The molecule has 82 valence electrons. The van der Waals surface area contributed by atoms with Crippen molar-refractivity contribution in [2.45, 2.75) is 6.92 Å². The Hall–Kier alpha value is -1.81. The number of carbonyl (C=O) groups is 1. The monoisotopic (exact) mass is 238 g/mol. The normalized spacial score (nSPS) is 10.6. The molecule has 16 heavy (non-hydrogen) atoms. The van der Waals surface area contributed by atoms with Gasteiger partial charge in [-0.3, -0.25) is 0 Å². The molecule has 4 nitrogen and oxygen atoms in total. The molecular weight excluding hydrogens is 232 g/mol. The molecule has 0 aliphatic heterocycles. The van der Waals surface area contributed by atoms with Crippen LogP contribution in [-0.2, 0) is 0 Å². The molecule has 0 bridgehead atoms. The van der Waals surface area contributed by atoms with E-state index < -0.39 is 17.2 Å². The second-order valence-corrected chi connectivity index (χ2v) is 3.80. The Morgan fingerprint density at radius 3 is 2.69 bits per heavy atom. The second kappa shape index (κ2) is 3.64. The van der Waals surface area contributed by atoms with Crippen LogP contribution in [0.1, 0.15) is 15.9 Å². The standard InChI is InChI=1S/C11H7ClO4/c1-5-2-9-6(4-8(5)12)3-7(10(13)14)11(15)16-9/h2-4H,1H3,(H,13,14). The highest BCUT2D eigenvalue weighted by Gasteiger charge is 2.12. The van der Waals surface area contributed by atoms with Gasteiger partial charge in [0.15, 0.2) is 0 Å². The molecule has 1 heterocycles. The first-order chi connectivity index (χ1) is 7.49. The SMILES string of the molecule is Cc1cc2oc(=O)c(C(=O)O)cc2cc1Cl. The molecule has 1 aromatic heterocycles. The van der Waals surface area contributed by atoms with E-state index in [1.165, 1.54) is 6.07 Å². The molecule has 0 aliphatic carbocycles. The van der Waals surface area contributed by atoms with Gasteiger partial charge in [-0.2, -0.15) is 0 Å². The number of halogens is 1. The van der Waals surface area contributed by atoms with Gasteiger partial charge in [-0.25, -0.2) is 9.59 Å². The summed E-state index contributed by atoms with van der Waals surface area (Å²) in [5.41, 5.74) is -0.161. The van der Waals surface area contributed by atoms with E-state index in [9.17, 15) is 9.59 Å². The lowest BCUT2D eigenvalue weighted by Gasteiger charge is -2.01. The van der Waals surface area contributed by atoms with Crippen LogP contribution in [0.3, 0.4) is 0 Å². The number of hydrogen-bond donors (Lipinski definition) is 1. The number of fused-ring (bicyclic) bond motifs is 1. The topological polar surface area (TPSA) is 67.5 Å². The predicted octanol–water partition coefficient (Wildman–Crippen LogP) is 2.45. The van der Waals surface area contributed by atoms with Crippen molar-refractivity contribution in [1.29, 1.82) is 0 Å². The third-order valence-electron chi connectivity index (χ3n) is 2.24. The molecule has 0 aliphatic rings. The zero-order valence-electron chi connectivity index (χ0n) is 8.28. The predicted molar refractivity (Wildman–Crippen MR) is 59.2 cm³/mol. The van der Waals surface area contributed by atoms with Crippen LogP contribution in [0.4, 0.5) is 0 Å². The van der Waals surface area contributed by atoms with Gasteiger partial charge in [0.25, 0.3) is 0 Å². The highest BCUT2D eigenvalue weighted by Crippen LogP contribution is 2.22. The molecule has 0 unspecified atom stereocenters. The summed E-state index contributed by atoms with van der Waals surface area (Å²) in [6.07, 6.45) is 0. The number of carboxylic acids is 1. The first kappa shape index (κ1) is 10.7. The van der Waals surface area contributed by atoms with Gasteiger partial charge in [-0.05, 0) is 30.7 Å². The minimum atomic E-state index is -1.31. The summed E-state index contributed by atoms with van der Waals surface area (Å²) in [6.45, 7) is 1.77. The zero-order valence-corrected chi connectivity index (χ0v) is 9.04. The van der Waals surface area contributed by atoms with Crippen molar-refractivity contribution in [3.8, 4) is 0 Å². The summed E-state index contributed by atoms with van der Waals surface area (Å²) in [5, 5.41) is 9.75. The van der Waals surface area contributed by atoms with Crippen LogP contribution in [0.15, 0.2) is 27.4 Å². The maximum atomic E-state index is 11.3. The van der Waals surface area contributed by atoms with Gasteiger partial charge in [0.2, 0.25) is 0 Å². The maximum Gasteiger partial charge on any atom is 0.351 e. The lowest BCUT2D eigenvalue weighted by molar-refractivity contribution is 0.0692. The largest absolute Gasteiger partial charge is 0.477 e. The smallest absolute Gasteiger partial charge is 0.351 e. The lowest BCUT2D eigenvalue weighted by atomic mass is 10.1. The fourth-order valence-corrected chi connectivity index (χ4v) is 1.56. The second-order valence-electron chi connectivity index (χ2n) is 3.39. The van der Waals surface area contributed by atoms with E-state index in [0.29, 0.717) is 16.0 Å².